The Morgan fingerprint density at radius 1 is 1.38 bits per heavy atom. The van der Waals surface area contributed by atoms with Gasteiger partial charge in [-0.05, 0) is 30.9 Å². The molecule has 5 nitrogen and oxygen atoms in total. The van der Waals surface area contributed by atoms with Crippen LogP contribution in [0.4, 0.5) is 13.2 Å². The Morgan fingerprint density at radius 2 is 2.08 bits per heavy atom. The van der Waals surface area contributed by atoms with E-state index < -0.39 is 23.6 Å². The van der Waals surface area contributed by atoms with E-state index in [2.05, 4.69) is 15.5 Å². The molecule has 0 unspecified atom stereocenters. The van der Waals surface area contributed by atoms with Gasteiger partial charge in [0.1, 0.15) is 6.33 Å². The third-order valence-electron chi connectivity index (χ3n) is 4.29. The number of rotatable bonds is 4. The van der Waals surface area contributed by atoms with Gasteiger partial charge in [0, 0.05) is 13.0 Å². The summed E-state index contributed by atoms with van der Waals surface area (Å²) in [6, 6.07) is 5.08. The van der Waals surface area contributed by atoms with Gasteiger partial charge in [-0.2, -0.15) is 13.2 Å². The van der Waals surface area contributed by atoms with Gasteiger partial charge < -0.3 is 9.88 Å². The molecule has 8 heteroatoms. The zero-order chi connectivity index (χ0) is 17.5. The number of halogens is 3. The van der Waals surface area contributed by atoms with Crippen LogP contribution in [0.2, 0.25) is 0 Å². The predicted octanol–water partition coefficient (Wildman–Crippen LogP) is 2.81. The molecule has 0 bridgehead atoms. The van der Waals surface area contributed by atoms with E-state index in [0.29, 0.717) is 12.2 Å². The molecule has 128 valence electrons. The van der Waals surface area contributed by atoms with Crippen LogP contribution in [0.15, 0.2) is 30.6 Å². The van der Waals surface area contributed by atoms with Crippen LogP contribution >= 0.6 is 0 Å². The van der Waals surface area contributed by atoms with Gasteiger partial charge in [0.2, 0.25) is 5.91 Å². The summed E-state index contributed by atoms with van der Waals surface area (Å²) in [5.74, 6) is -0.498. The van der Waals surface area contributed by atoms with E-state index in [4.69, 9.17) is 0 Å². The second-order valence-corrected chi connectivity index (χ2v) is 6.06. The molecule has 0 spiro atoms. The van der Waals surface area contributed by atoms with E-state index in [0.717, 1.165) is 6.07 Å². The maximum atomic E-state index is 13.1. The summed E-state index contributed by atoms with van der Waals surface area (Å²) in [5.41, 5.74) is -0.469. The number of aryl methyl sites for hydroxylation is 1. The molecular weight excluding hydrogens is 321 g/mol. The smallest absolute Gasteiger partial charge is 0.346 e. The van der Waals surface area contributed by atoms with E-state index in [1.807, 2.05) is 0 Å². The molecule has 1 heterocycles. The van der Waals surface area contributed by atoms with Gasteiger partial charge in [0.15, 0.2) is 5.82 Å². The maximum Gasteiger partial charge on any atom is 0.416 e. The maximum absolute atomic E-state index is 13.1. The molecule has 1 aromatic heterocycles. The molecule has 1 amide bonds. The first-order valence-electron chi connectivity index (χ1n) is 7.59. The average molecular weight is 338 g/mol. The molecule has 1 aromatic carbocycles. The van der Waals surface area contributed by atoms with Crippen LogP contribution in [0.25, 0.3) is 0 Å². The SMILES string of the molecule is C[C@H](NC(=O)[C@@H]1C[C@H]1c1ccccc1C(F)(F)F)c1nncn1C. The van der Waals surface area contributed by atoms with Gasteiger partial charge in [0.25, 0.3) is 0 Å². The lowest BCUT2D eigenvalue weighted by molar-refractivity contribution is -0.138. The summed E-state index contributed by atoms with van der Waals surface area (Å²) in [5, 5.41) is 10.5. The zero-order valence-corrected chi connectivity index (χ0v) is 13.2. The Balaban J connectivity index is 1.70. The largest absolute Gasteiger partial charge is 0.416 e. The Labute approximate surface area is 136 Å². The topological polar surface area (TPSA) is 59.8 Å². The molecule has 1 fully saturated rings. The summed E-state index contributed by atoms with van der Waals surface area (Å²) < 4.78 is 40.9. The van der Waals surface area contributed by atoms with Crippen molar-refractivity contribution in [1.29, 1.82) is 0 Å². The first-order chi connectivity index (χ1) is 11.3. The summed E-state index contributed by atoms with van der Waals surface area (Å²) in [4.78, 5) is 12.3. The highest BCUT2D eigenvalue weighted by atomic mass is 19.4. The molecule has 1 aliphatic rings. The first kappa shape index (κ1) is 16.5. The van der Waals surface area contributed by atoms with Gasteiger partial charge in [-0.3, -0.25) is 4.79 Å². The molecule has 24 heavy (non-hydrogen) atoms. The van der Waals surface area contributed by atoms with Crippen LogP contribution in [0, 0.1) is 5.92 Å². The third kappa shape index (κ3) is 3.13. The Morgan fingerprint density at radius 3 is 2.71 bits per heavy atom. The normalized spacial score (nSPS) is 21.4. The Kier molecular flexibility index (Phi) is 4.06. The van der Waals surface area contributed by atoms with Crippen molar-refractivity contribution in [3.05, 3.63) is 47.5 Å². The van der Waals surface area contributed by atoms with Crippen molar-refractivity contribution in [3.63, 3.8) is 0 Å². The van der Waals surface area contributed by atoms with Gasteiger partial charge in [-0.1, -0.05) is 18.2 Å². The van der Waals surface area contributed by atoms with Crippen LogP contribution in [-0.2, 0) is 18.0 Å². The lowest BCUT2D eigenvalue weighted by Gasteiger charge is -2.14. The van der Waals surface area contributed by atoms with Gasteiger partial charge in [-0.25, -0.2) is 0 Å². The number of benzene rings is 1. The van der Waals surface area contributed by atoms with Crippen LogP contribution in [0.1, 0.15) is 42.3 Å². The average Bonchev–Trinajstić information content (AvgIpc) is 3.21. The van der Waals surface area contributed by atoms with E-state index in [1.165, 1.54) is 18.5 Å². The molecule has 2 aromatic rings. The fourth-order valence-electron chi connectivity index (χ4n) is 2.98. The molecule has 3 atom stereocenters. The van der Waals surface area contributed by atoms with Crippen LogP contribution in [0.3, 0.4) is 0 Å². The molecular formula is C16H17F3N4O. The molecule has 1 N–H and O–H groups in total. The van der Waals surface area contributed by atoms with Crippen LogP contribution in [0.5, 0.6) is 0 Å². The fraction of sp³-hybridized carbons (Fsp3) is 0.438. The van der Waals surface area contributed by atoms with Crippen molar-refractivity contribution in [2.45, 2.75) is 31.5 Å². The van der Waals surface area contributed by atoms with Gasteiger partial charge in [0.05, 0.1) is 11.6 Å². The molecule has 0 aliphatic heterocycles. The van der Waals surface area contributed by atoms with Crippen LogP contribution in [-0.4, -0.2) is 20.7 Å². The second kappa shape index (κ2) is 5.92. The number of nitrogens with zero attached hydrogens (tertiary/aromatic N) is 3. The zero-order valence-electron chi connectivity index (χ0n) is 13.2. The third-order valence-corrected chi connectivity index (χ3v) is 4.29. The van der Waals surface area contributed by atoms with Crippen LogP contribution < -0.4 is 5.32 Å². The summed E-state index contributed by atoms with van der Waals surface area (Å²) in [7, 11) is 1.76. The molecule has 3 rings (SSSR count). The standard InChI is InChI=1S/C16H17F3N4O/c1-9(14-22-20-8-23(14)2)21-15(24)12-7-11(12)10-5-3-4-6-13(10)16(17,18)19/h3-6,8-9,11-12H,7H2,1-2H3,(H,21,24)/t9-,11-,12+/m0/s1. The number of hydrogen-bond donors (Lipinski definition) is 1. The minimum absolute atomic E-state index is 0.191. The highest BCUT2D eigenvalue weighted by molar-refractivity contribution is 5.83. The van der Waals surface area contributed by atoms with Crippen molar-refractivity contribution < 1.29 is 18.0 Å². The number of alkyl halides is 3. The summed E-state index contributed by atoms with van der Waals surface area (Å²) >= 11 is 0. The van der Waals surface area contributed by atoms with Gasteiger partial charge >= 0.3 is 6.18 Å². The lowest BCUT2D eigenvalue weighted by Crippen LogP contribution is -2.30. The quantitative estimate of drug-likeness (QED) is 0.932. The van der Waals surface area contributed by atoms with Gasteiger partial charge in [-0.15, -0.1) is 10.2 Å². The minimum Gasteiger partial charge on any atom is -0.346 e. The van der Waals surface area contributed by atoms with E-state index in [1.54, 1.807) is 24.6 Å². The highest BCUT2D eigenvalue weighted by Gasteiger charge is 2.48. The molecule has 0 saturated heterocycles. The summed E-state index contributed by atoms with van der Waals surface area (Å²) in [6.45, 7) is 1.77. The van der Waals surface area contributed by atoms with Crippen molar-refractivity contribution in [3.8, 4) is 0 Å². The van der Waals surface area contributed by atoms with Crippen molar-refractivity contribution >= 4 is 5.91 Å². The van der Waals surface area contributed by atoms with Crippen molar-refractivity contribution in [1.82, 2.24) is 20.1 Å². The van der Waals surface area contributed by atoms with E-state index >= 15 is 0 Å². The van der Waals surface area contributed by atoms with E-state index in [-0.39, 0.29) is 17.5 Å². The monoisotopic (exact) mass is 338 g/mol. The number of amides is 1. The first-order valence-corrected chi connectivity index (χ1v) is 7.59. The van der Waals surface area contributed by atoms with E-state index in [9.17, 15) is 18.0 Å². The summed E-state index contributed by atoms with van der Waals surface area (Å²) in [6.07, 6.45) is -2.46. The number of hydrogen-bond acceptors (Lipinski definition) is 3. The predicted molar refractivity (Wildman–Crippen MR) is 79.9 cm³/mol. The minimum atomic E-state index is -4.41. The highest BCUT2D eigenvalue weighted by Crippen LogP contribution is 2.51. The number of carbonyl (C=O) groups is 1. The molecule has 1 aliphatic carbocycles. The molecule has 0 radical (unpaired) electrons. The Bertz CT molecular complexity index is 756. The molecule has 1 saturated carbocycles. The second-order valence-electron chi connectivity index (χ2n) is 6.06. The lowest BCUT2D eigenvalue weighted by atomic mass is 10.0. The fourth-order valence-corrected chi connectivity index (χ4v) is 2.98. The Hall–Kier alpha value is -2.38. The van der Waals surface area contributed by atoms with Crippen molar-refractivity contribution in [2.24, 2.45) is 13.0 Å². The number of aromatic nitrogens is 3. The number of carbonyl (C=O) groups excluding carboxylic acids is 1. The van der Waals surface area contributed by atoms with Crippen molar-refractivity contribution in [2.75, 3.05) is 0 Å². The number of nitrogens with one attached hydrogen (secondary N) is 1.